The van der Waals surface area contributed by atoms with Gasteiger partial charge in [-0.25, -0.2) is 13.4 Å². The van der Waals surface area contributed by atoms with Crippen LogP contribution in [0, 0.1) is 0 Å². The topological polar surface area (TPSA) is 65.5 Å². The molecule has 0 bridgehead atoms. The highest BCUT2D eigenvalue weighted by atomic mass is 79.9. The Hall–Kier alpha value is -0.860. The van der Waals surface area contributed by atoms with Crippen LogP contribution in [-0.2, 0) is 10.0 Å². The van der Waals surface area contributed by atoms with Crippen LogP contribution >= 0.6 is 15.9 Å². The van der Waals surface area contributed by atoms with Crippen LogP contribution in [0.15, 0.2) is 16.7 Å². The summed E-state index contributed by atoms with van der Waals surface area (Å²) in [7, 11) is -3.34. The van der Waals surface area contributed by atoms with Gasteiger partial charge in [0.2, 0.25) is 10.0 Å². The third-order valence-electron chi connectivity index (χ3n) is 5.39. The number of piperidine rings is 2. The Labute approximate surface area is 159 Å². The van der Waals surface area contributed by atoms with Crippen LogP contribution in [0.3, 0.4) is 0 Å². The predicted molar refractivity (Wildman–Crippen MR) is 106 cm³/mol. The van der Waals surface area contributed by atoms with Gasteiger partial charge < -0.3 is 4.90 Å². The average Bonchev–Trinajstić information content (AvgIpc) is 2.56. The zero-order chi connectivity index (χ0) is 18.1. The molecule has 8 heteroatoms. The Morgan fingerprint density at radius 1 is 1.16 bits per heavy atom. The number of rotatable bonds is 4. The molecule has 2 aliphatic heterocycles. The van der Waals surface area contributed by atoms with Crippen molar-refractivity contribution in [3.63, 3.8) is 0 Å². The fourth-order valence-corrected chi connectivity index (χ4v) is 4.79. The summed E-state index contributed by atoms with van der Waals surface area (Å²) in [5.74, 6) is 0.717. The monoisotopic (exact) mass is 430 g/mol. The molecule has 1 aromatic rings. The second kappa shape index (κ2) is 7.40. The number of hydrogen-bond donors (Lipinski definition) is 1. The molecule has 0 aliphatic carbocycles. The number of pyridine rings is 1. The molecule has 140 valence electrons. The summed E-state index contributed by atoms with van der Waals surface area (Å²) in [5.41, 5.74) is 0.787. The van der Waals surface area contributed by atoms with Gasteiger partial charge in [-0.2, -0.15) is 0 Å². The number of hydrogen-bond acceptors (Lipinski definition) is 5. The van der Waals surface area contributed by atoms with Crippen LogP contribution in [0.25, 0.3) is 0 Å². The number of aromatic nitrogens is 1. The second-order valence-corrected chi connectivity index (χ2v) is 10.1. The Kier molecular flexibility index (Phi) is 5.60. The summed E-state index contributed by atoms with van der Waals surface area (Å²) >= 11 is 3.38. The molecule has 0 saturated carbocycles. The molecule has 6 nitrogen and oxygen atoms in total. The highest BCUT2D eigenvalue weighted by molar-refractivity contribution is 9.10. The van der Waals surface area contributed by atoms with Crippen molar-refractivity contribution in [3.05, 3.63) is 16.7 Å². The van der Waals surface area contributed by atoms with Gasteiger partial charge in [0, 0.05) is 29.3 Å². The summed E-state index contributed by atoms with van der Waals surface area (Å²) in [5, 5.41) is 0. The number of halogens is 1. The van der Waals surface area contributed by atoms with Crippen molar-refractivity contribution in [2.75, 3.05) is 42.1 Å². The molecule has 2 saturated heterocycles. The van der Waals surface area contributed by atoms with Gasteiger partial charge in [0.25, 0.3) is 0 Å². The van der Waals surface area contributed by atoms with Gasteiger partial charge in [-0.05, 0) is 67.7 Å². The molecule has 3 heterocycles. The maximum absolute atomic E-state index is 11.7. The molecular formula is C17H27BrN4O2S. The lowest BCUT2D eigenvalue weighted by Crippen LogP contribution is -2.55. The van der Waals surface area contributed by atoms with Gasteiger partial charge in [-0.1, -0.05) is 6.42 Å². The van der Waals surface area contributed by atoms with Gasteiger partial charge in [0.05, 0.1) is 11.9 Å². The van der Waals surface area contributed by atoms with E-state index in [0.29, 0.717) is 11.5 Å². The molecule has 25 heavy (non-hydrogen) atoms. The third-order valence-corrected chi connectivity index (χ3v) is 6.41. The van der Waals surface area contributed by atoms with Crippen molar-refractivity contribution in [2.45, 2.75) is 44.6 Å². The number of anilines is 2. The van der Waals surface area contributed by atoms with E-state index >= 15 is 0 Å². The molecule has 0 atom stereocenters. The zero-order valence-corrected chi connectivity index (χ0v) is 17.4. The van der Waals surface area contributed by atoms with Crippen molar-refractivity contribution < 1.29 is 8.42 Å². The van der Waals surface area contributed by atoms with Gasteiger partial charge in [0.1, 0.15) is 0 Å². The van der Waals surface area contributed by atoms with E-state index in [1.54, 1.807) is 12.3 Å². The Morgan fingerprint density at radius 3 is 2.40 bits per heavy atom. The van der Waals surface area contributed by atoms with E-state index in [0.717, 1.165) is 30.4 Å². The minimum absolute atomic E-state index is 0.247. The van der Waals surface area contributed by atoms with E-state index < -0.39 is 10.0 Å². The SMILES string of the molecule is CC1(N2CCCCC2)CCN(c2ncc(Br)cc2NS(C)(=O)=O)CC1. The third kappa shape index (κ3) is 4.65. The first kappa shape index (κ1) is 18.9. The van der Waals surface area contributed by atoms with Crippen LogP contribution in [0.4, 0.5) is 11.5 Å². The van der Waals surface area contributed by atoms with Crippen LogP contribution in [0.2, 0.25) is 0 Å². The molecule has 2 aliphatic rings. The summed E-state index contributed by atoms with van der Waals surface area (Å²) in [4.78, 5) is 9.34. The average molecular weight is 431 g/mol. The minimum Gasteiger partial charge on any atom is -0.355 e. The largest absolute Gasteiger partial charge is 0.355 e. The summed E-state index contributed by atoms with van der Waals surface area (Å²) < 4.78 is 26.7. The summed E-state index contributed by atoms with van der Waals surface area (Å²) in [6.07, 6.45) is 8.99. The van der Waals surface area contributed by atoms with E-state index in [2.05, 4.69) is 42.4 Å². The van der Waals surface area contributed by atoms with Gasteiger partial charge >= 0.3 is 0 Å². The zero-order valence-electron chi connectivity index (χ0n) is 15.0. The molecule has 1 N–H and O–H groups in total. The lowest BCUT2D eigenvalue weighted by atomic mass is 9.86. The smallest absolute Gasteiger partial charge is 0.229 e. The van der Waals surface area contributed by atoms with Crippen LogP contribution in [0.5, 0.6) is 0 Å². The fourth-order valence-electron chi connectivity index (χ4n) is 3.91. The van der Waals surface area contributed by atoms with E-state index in [9.17, 15) is 8.42 Å². The molecule has 0 amide bonds. The van der Waals surface area contributed by atoms with Crippen molar-refractivity contribution in [2.24, 2.45) is 0 Å². The molecule has 0 radical (unpaired) electrons. The lowest BCUT2D eigenvalue weighted by Gasteiger charge is -2.48. The van der Waals surface area contributed by atoms with Crippen molar-refractivity contribution in [1.82, 2.24) is 9.88 Å². The Balaban J connectivity index is 1.74. The van der Waals surface area contributed by atoms with Crippen molar-refractivity contribution >= 4 is 37.5 Å². The van der Waals surface area contributed by atoms with Crippen LogP contribution in [-0.4, -0.2) is 56.3 Å². The van der Waals surface area contributed by atoms with Crippen molar-refractivity contribution in [1.29, 1.82) is 0 Å². The van der Waals surface area contributed by atoms with Gasteiger partial charge in [-0.15, -0.1) is 0 Å². The maximum Gasteiger partial charge on any atom is 0.229 e. The summed E-state index contributed by atoms with van der Waals surface area (Å²) in [6, 6.07) is 1.78. The highest BCUT2D eigenvalue weighted by Gasteiger charge is 2.36. The number of nitrogens with zero attached hydrogens (tertiary/aromatic N) is 3. The highest BCUT2D eigenvalue weighted by Crippen LogP contribution is 2.35. The Morgan fingerprint density at radius 2 is 1.80 bits per heavy atom. The van der Waals surface area contributed by atoms with Crippen molar-refractivity contribution in [3.8, 4) is 0 Å². The van der Waals surface area contributed by atoms with Crippen LogP contribution < -0.4 is 9.62 Å². The van der Waals surface area contributed by atoms with E-state index in [4.69, 9.17) is 0 Å². The predicted octanol–water partition coefficient (Wildman–Crippen LogP) is 3.06. The van der Waals surface area contributed by atoms with Gasteiger partial charge in [-0.3, -0.25) is 9.62 Å². The summed E-state index contributed by atoms with van der Waals surface area (Å²) in [6.45, 7) is 6.56. The molecule has 2 fully saturated rings. The van der Waals surface area contributed by atoms with E-state index in [1.807, 2.05) is 0 Å². The van der Waals surface area contributed by atoms with E-state index in [-0.39, 0.29) is 5.54 Å². The van der Waals surface area contributed by atoms with Gasteiger partial charge in [0.15, 0.2) is 5.82 Å². The number of likely N-dealkylation sites (tertiary alicyclic amines) is 1. The first-order valence-electron chi connectivity index (χ1n) is 8.90. The molecule has 0 aromatic carbocycles. The lowest BCUT2D eigenvalue weighted by molar-refractivity contribution is 0.0593. The quantitative estimate of drug-likeness (QED) is 0.794. The normalized spacial score (nSPS) is 22.0. The Bertz CT molecular complexity index is 711. The number of sulfonamides is 1. The second-order valence-electron chi connectivity index (χ2n) is 7.43. The minimum atomic E-state index is -3.34. The first-order valence-corrected chi connectivity index (χ1v) is 11.6. The fraction of sp³-hybridized carbons (Fsp3) is 0.706. The van der Waals surface area contributed by atoms with E-state index in [1.165, 1.54) is 38.6 Å². The molecule has 3 rings (SSSR count). The van der Waals surface area contributed by atoms with Crippen LogP contribution in [0.1, 0.15) is 39.0 Å². The molecule has 1 aromatic heterocycles. The standard InChI is InChI=1S/C17H27BrN4O2S/c1-17(22-8-4-3-5-9-22)6-10-21(11-7-17)16-15(20-25(2,23)24)12-14(18)13-19-16/h12-13,20H,3-11H2,1-2H3. The molecule has 0 unspecified atom stereocenters. The first-order chi connectivity index (χ1) is 11.8. The number of nitrogens with one attached hydrogen (secondary N) is 1. The molecule has 0 spiro atoms. The maximum atomic E-state index is 11.7. The molecular weight excluding hydrogens is 404 g/mol.